The summed E-state index contributed by atoms with van der Waals surface area (Å²) in [7, 11) is -2.57. The van der Waals surface area contributed by atoms with Crippen molar-refractivity contribution in [1.29, 1.82) is 0 Å². The van der Waals surface area contributed by atoms with Crippen molar-refractivity contribution in [3.63, 3.8) is 0 Å². The molecule has 2 amide bonds. The number of hydrogen-bond donors (Lipinski definition) is 1. The van der Waals surface area contributed by atoms with Crippen LogP contribution in [-0.2, 0) is 26.2 Å². The van der Waals surface area contributed by atoms with Gasteiger partial charge in [-0.3, -0.25) is 13.9 Å². The lowest BCUT2D eigenvalue weighted by atomic mass is 10.1. The molecule has 1 N–H and O–H groups in total. The fourth-order valence-corrected chi connectivity index (χ4v) is 4.80. The Bertz CT molecular complexity index is 1210. The van der Waals surface area contributed by atoms with Crippen molar-refractivity contribution < 1.29 is 22.7 Å². The van der Waals surface area contributed by atoms with E-state index in [-0.39, 0.29) is 34.8 Å². The SMILES string of the molecule is COc1ccc(Cl)cc1N(CC(=O)N(Cc1ccc(Cl)cc1Cl)[C@H](C)C(=O)NCC(C)C)S(C)(=O)=O. The van der Waals surface area contributed by atoms with Crippen molar-refractivity contribution in [2.75, 3.05) is 30.8 Å². The highest BCUT2D eigenvalue weighted by atomic mass is 35.5. The Balaban J connectivity index is 2.47. The van der Waals surface area contributed by atoms with Crippen LogP contribution in [0.5, 0.6) is 5.75 Å². The van der Waals surface area contributed by atoms with Crippen molar-refractivity contribution in [1.82, 2.24) is 10.2 Å². The van der Waals surface area contributed by atoms with E-state index in [0.717, 1.165) is 10.6 Å². The molecule has 0 aliphatic heterocycles. The normalized spacial score (nSPS) is 12.2. The summed E-state index contributed by atoms with van der Waals surface area (Å²) >= 11 is 18.4. The first-order chi connectivity index (χ1) is 16.7. The summed E-state index contributed by atoms with van der Waals surface area (Å²) in [5.74, 6) is -0.589. The van der Waals surface area contributed by atoms with E-state index in [1.807, 2.05) is 13.8 Å². The number of rotatable bonds is 11. The minimum Gasteiger partial charge on any atom is -0.495 e. The molecule has 0 heterocycles. The molecule has 0 saturated heterocycles. The Morgan fingerprint density at radius 3 is 2.19 bits per heavy atom. The number of nitrogens with zero attached hydrogens (tertiary/aromatic N) is 2. The van der Waals surface area contributed by atoms with Crippen molar-refractivity contribution >= 4 is 62.3 Å². The average Bonchev–Trinajstić information content (AvgIpc) is 2.79. The maximum atomic E-state index is 13.6. The number of carbonyl (C=O) groups is 2. The molecule has 2 aromatic carbocycles. The van der Waals surface area contributed by atoms with Gasteiger partial charge in [-0.15, -0.1) is 0 Å². The first-order valence-electron chi connectivity index (χ1n) is 11.1. The third-order valence-electron chi connectivity index (χ3n) is 5.30. The molecule has 2 aromatic rings. The summed E-state index contributed by atoms with van der Waals surface area (Å²) in [6, 6.07) is 8.33. The van der Waals surface area contributed by atoms with Gasteiger partial charge in [-0.05, 0) is 48.7 Å². The number of carbonyl (C=O) groups excluding carboxylic acids is 2. The van der Waals surface area contributed by atoms with Crippen LogP contribution in [0.3, 0.4) is 0 Å². The summed E-state index contributed by atoms with van der Waals surface area (Å²) in [6.07, 6.45) is 0.972. The number of amides is 2. The zero-order chi connectivity index (χ0) is 27.2. The number of hydrogen-bond acceptors (Lipinski definition) is 5. The molecule has 0 saturated carbocycles. The number of halogens is 3. The zero-order valence-corrected chi connectivity index (χ0v) is 23.8. The van der Waals surface area contributed by atoms with Crippen LogP contribution in [0.25, 0.3) is 0 Å². The highest BCUT2D eigenvalue weighted by Crippen LogP contribution is 2.33. The minimum absolute atomic E-state index is 0.0462. The summed E-state index contributed by atoms with van der Waals surface area (Å²) < 4.78 is 31.7. The van der Waals surface area contributed by atoms with Gasteiger partial charge in [0.15, 0.2) is 0 Å². The van der Waals surface area contributed by atoms with E-state index >= 15 is 0 Å². The molecule has 1 atom stereocenters. The van der Waals surface area contributed by atoms with Crippen LogP contribution < -0.4 is 14.4 Å². The van der Waals surface area contributed by atoms with E-state index in [1.54, 1.807) is 25.1 Å². The fraction of sp³-hybridized carbons (Fsp3) is 0.417. The molecule has 198 valence electrons. The molecule has 0 spiro atoms. The molecular weight excluding hydrogens is 549 g/mol. The largest absolute Gasteiger partial charge is 0.495 e. The van der Waals surface area contributed by atoms with Crippen LogP contribution in [0.15, 0.2) is 36.4 Å². The predicted molar refractivity (Wildman–Crippen MR) is 145 cm³/mol. The van der Waals surface area contributed by atoms with Crippen LogP contribution in [0, 0.1) is 5.92 Å². The lowest BCUT2D eigenvalue weighted by Crippen LogP contribution is -2.51. The fourth-order valence-electron chi connectivity index (χ4n) is 3.32. The molecule has 0 aliphatic carbocycles. The van der Waals surface area contributed by atoms with E-state index in [4.69, 9.17) is 39.5 Å². The van der Waals surface area contributed by atoms with Gasteiger partial charge in [0.05, 0.1) is 19.1 Å². The second kappa shape index (κ2) is 12.9. The quantitative estimate of drug-likeness (QED) is 0.420. The smallest absolute Gasteiger partial charge is 0.244 e. The van der Waals surface area contributed by atoms with Crippen LogP contribution in [0.4, 0.5) is 5.69 Å². The number of methoxy groups -OCH3 is 1. The van der Waals surface area contributed by atoms with Gasteiger partial charge < -0.3 is 15.0 Å². The van der Waals surface area contributed by atoms with Gasteiger partial charge in [0.2, 0.25) is 21.8 Å². The number of ether oxygens (including phenoxy) is 1. The van der Waals surface area contributed by atoms with E-state index in [1.165, 1.54) is 30.2 Å². The van der Waals surface area contributed by atoms with E-state index in [0.29, 0.717) is 22.2 Å². The first-order valence-corrected chi connectivity index (χ1v) is 14.0. The molecule has 2 rings (SSSR count). The first kappa shape index (κ1) is 30.0. The second-order valence-corrected chi connectivity index (χ2v) is 11.8. The molecule has 36 heavy (non-hydrogen) atoms. The molecule has 0 fully saturated rings. The summed E-state index contributed by atoms with van der Waals surface area (Å²) in [5, 5.41) is 3.80. The Kier molecular flexibility index (Phi) is 10.7. The van der Waals surface area contributed by atoms with Crippen molar-refractivity contribution in [3.05, 3.63) is 57.0 Å². The Morgan fingerprint density at radius 1 is 1.03 bits per heavy atom. The van der Waals surface area contributed by atoms with Gasteiger partial charge in [-0.1, -0.05) is 54.7 Å². The molecule has 0 radical (unpaired) electrons. The van der Waals surface area contributed by atoms with Crippen LogP contribution >= 0.6 is 34.8 Å². The van der Waals surface area contributed by atoms with Gasteiger partial charge in [-0.25, -0.2) is 8.42 Å². The van der Waals surface area contributed by atoms with Crippen LogP contribution in [-0.4, -0.2) is 57.6 Å². The maximum absolute atomic E-state index is 13.6. The molecule has 12 heteroatoms. The summed E-state index contributed by atoms with van der Waals surface area (Å²) in [6.45, 7) is 5.25. The second-order valence-electron chi connectivity index (χ2n) is 8.66. The third kappa shape index (κ3) is 8.16. The Labute approximate surface area is 227 Å². The van der Waals surface area contributed by atoms with Gasteiger partial charge in [0.25, 0.3) is 0 Å². The average molecular weight is 579 g/mol. The molecule has 0 bridgehead atoms. The van der Waals surface area contributed by atoms with Gasteiger partial charge >= 0.3 is 0 Å². The Morgan fingerprint density at radius 2 is 1.64 bits per heavy atom. The highest BCUT2D eigenvalue weighted by Gasteiger charge is 2.31. The highest BCUT2D eigenvalue weighted by molar-refractivity contribution is 7.92. The summed E-state index contributed by atoms with van der Waals surface area (Å²) in [4.78, 5) is 27.8. The van der Waals surface area contributed by atoms with Gasteiger partial charge in [0, 0.05) is 28.2 Å². The number of nitrogens with one attached hydrogen (secondary N) is 1. The van der Waals surface area contributed by atoms with Crippen molar-refractivity contribution in [2.45, 2.75) is 33.4 Å². The molecular formula is C24H30Cl3N3O5S. The van der Waals surface area contributed by atoms with Crippen LogP contribution in [0.2, 0.25) is 15.1 Å². The van der Waals surface area contributed by atoms with E-state index < -0.39 is 28.5 Å². The van der Waals surface area contributed by atoms with Gasteiger partial charge in [-0.2, -0.15) is 0 Å². The lowest BCUT2D eigenvalue weighted by molar-refractivity contribution is -0.139. The maximum Gasteiger partial charge on any atom is 0.244 e. The van der Waals surface area contributed by atoms with Crippen molar-refractivity contribution in [3.8, 4) is 5.75 Å². The number of sulfonamides is 1. The topological polar surface area (TPSA) is 96.0 Å². The zero-order valence-electron chi connectivity index (χ0n) is 20.7. The predicted octanol–water partition coefficient (Wildman–Crippen LogP) is 4.61. The minimum atomic E-state index is -3.95. The van der Waals surface area contributed by atoms with E-state index in [9.17, 15) is 18.0 Å². The number of anilines is 1. The van der Waals surface area contributed by atoms with Gasteiger partial charge in [0.1, 0.15) is 18.3 Å². The lowest BCUT2D eigenvalue weighted by Gasteiger charge is -2.32. The molecule has 0 aromatic heterocycles. The van der Waals surface area contributed by atoms with Crippen molar-refractivity contribution in [2.24, 2.45) is 5.92 Å². The third-order valence-corrected chi connectivity index (χ3v) is 7.24. The Hall–Kier alpha value is -2.20. The van der Waals surface area contributed by atoms with Crippen LogP contribution in [0.1, 0.15) is 26.3 Å². The standard InChI is InChI=1S/C24H30Cl3N3O5S/c1-15(2)12-28-24(32)16(3)29(13-17-6-7-18(25)10-20(17)27)23(31)14-30(36(5,33)34)21-11-19(26)8-9-22(21)35-4/h6-11,15-16H,12-14H2,1-5H3,(H,28,32)/t16-/m1/s1. The molecule has 0 unspecified atom stereocenters. The molecule has 0 aliphatic rings. The molecule has 8 nitrogen and oxygen atoms in total. The van der Waals surface area contributed by atoms with E-state index in [2.05, 4.69) is 5.32 Å². The monoisotopic (exact) mass is 577 g/mol. The summed E-state index contributed by atoms with van der Waals surface area (Å²) in [5.41, 5.74) is 0.645. The number of benzene rings is 2.